The molecule has 0 saturated heterocycles. The lowest BCUT2D eigenvalue weighted by Crippen LogP contribution is -2.14. The average molecular weight is 384 g/mol. The van der Waals surface area contributed by atoms with Crippen LogP contribution in [0.5, 0.6) is 0 Å². The number of anilines is 1. The molecule has 2 heterocycles. The first-order valence-electron chi connectivity index (χ1n) is 7.76. The van der Waals surface area contributed by atoms with Crippen molar-refractivity contribution in [1.82, 2.24) is 20.2 Å². The predicted molar refractivity (Wildman–Crippen MR) is 102 cm³/mol. The highest BCUT2D eigenvalue weighted by Crippen LogP contribution is 2.26. The van der Waals surface area contributed by atoms with Crippen LogP contribution in [0.2, 0.25) is 0 Å². The van der Waals surface area contributed by atoms with Crippen LogP contribution in [0.1, 0.15) is 22.3 Å². The largest absolute Gasteiger partial charge is 0.316 e. The number of benzene rings is 1. The maximum absolute atomic E-state index is 12.2. The van der Waals surface area contributed by atoms with Gasteiger partial charge >= 0.3 is 0 Å². The van der Waals surface area contributed by atoms with Gasteiger partial charge in [-0.3, -0.25) is 4.79 Å². The van der Waals surface area contributed by atoms with Gasteiger partial charge < -0.3 is 5.32 Å². The van der Waals surface area contributed by atoms with Gasteiger partial charge in [0.2, 0.25) is 11.1 Å². The molecule has 132 valence electrons. The summed E-state index contributed by atoms with van der Waals surface area (Å²) < 4.78 is 1.66. The Morgan fingerprint density at radius 2 is 2.08 bits per heavy atom. The Morgan fingerprint density at radius 3 is 2.77 bits per heavy atom. The molecule has 0 aliphatic rings. The fourth-order valence-electron chi connectivity index (χ4n) is 2.70. The Kier molecular flexibility index (Phi) is 5.35. The van der Waals surface area contributed by atoms with Crippen LogP contribution in [0, 0.1) is 32.1 Å². The minimum atomic E-state index is -0.208. The van der Waals surface area contributed by atoms with Crippen LogP contribution < -0.4 is 5.32 Å². The quantitative estimate of drug-likeness (QED) is 0.678. The van der Waals surface area contributed by atoms with E-state index in [0.29, 0.717) is 15.7 Å². The smallest absolute Gasteiger partial charge is 0.235 e. The second kappa shape index (κ2) is 7.68. The number of nitriles is 1. The first-order valence-corrected chi connectivity index (χ1v) is 9.63. The van der Waals surface area contributed by atoms with E-state index in [0.717, 1.165) is 16.8 Å². The summed E-state index contributed by atoms with van der Waals surface area (Å²) in [6, 6.07) is 7.88. The zero-order chi connectivity index (χ0) is 18.7. The number of amides is 1. The molecule has 0 saturated carbocycles. The van der Waals surface area contributed by atoms with Gasteiger partial charge in [0, 0.05) is 0 Å². The van der Waals surface area contributed by atoms with Gasteiger partial charge in [0.25, 0.3) is 0 Å². The molecule has 0 atom stereocenters. The average Bonchev–Trinajstić information content (AvgIpc) is 3.21. The second-order valence-electron chi connectivity index (χ2n) is 5.73. The Hall–Kier alpha value is -2.70. The van der Waals surface area contributed by atoms with Crippen LogP contribution in [0.15, 0.2) is 28.7 Å². The van der Waals surface area contributed by atoms with Gasteiger partial charge in [0.1, 0.15) is 11.1 Å². The third-order valence-electron chi connectivity index (χ3n) is 3.66. The molecule has 2 aromatic heterocycles. The highest BCUT2D eigenvalue weighted by Gasteiger charge is 2.16. The number of nitrogens with one attached hydrogen (secondary N) is 1. The van der Waals surface area contributed by atoms with E-state index in [-0.39, 0.29) is 11.7 Å². The first kappa shape index (κ1) is 18.1. The Bertz CT molecular complexity index is 978. The lowest BCUT2D eigenvalue weighted by atomic mass is 10.1. The summed E-state index contributed by atoms with van der Waals surface area (Å²) in [5, 5.41) is 26.5. The molecular weight excluding hydrogens is 368 g/mol. The SMILES string of the molecule is Cc1cc(C)c(-n2nnnc2SCC(=O)Nc2sccc2C#N)c(C)c1. The molecule has 0 spiro atoms. The van der Waals surface area contributed by atoms with Crippen molar-refractivity contribution in [2.45, 2.75) is 25.9 Å². The van der Waals surface area contributed by atoms with E-state index in [4.69, 9.17) is 5.26 Å². The number of hydrogen-bond acceptors (Lipinski definition) is 7. The number of hydrogen-bond donors (Lipinski definition) is 1. The Labute approximate surface area is 159 Å². The van der Waals surface area contributed by atoms with Gasteiger partial charge in [0.05, 0.1) is 17.0 Å². The summed E-state index contributed by atoms with van der Waals surface area (Å²) >= 11 is 2.57. The zero-order valence-electron chi connectivity index (χ0n) is 14.5. The molecule has 0 bridgehead atoms. The molecule has 1 aromatic carbocycles. The molecule has 3 aromatic rings. The van der Waals surface area contributed by atoms with Gasteiger partial charge in [-0.05, 0) is 53.8 Å². The van der Waals surface area contributed by atoms with Crippen LogP contribution in [-0.2, 0) is 4.79 Å². The standard InChI is InChI=1S/C17H16N6OS2/c1-10-6-11(2)15(12(3)7-10)23-17(20-21-22-23)26-9-14(24)19-16-13(8-18)4-5-25-16/h4-7H,9H2,1-3H3,(H,19,24). The number of rotatable bonds is 5. The van der Waals surface area contributed by atoms with E-state index in [1.54, 1.807) is 16.1 Å². The molecule has 0 unspecified atom stereocenters. The van der Waals surface area contributed by atoms with Crippen molar-refractivity contribution >= 4 is 34.0 Å². The molecule has 1 N–H and O–H groups in total. The van der Waals surface area contributed by atoms with E-state index < -0.39 is 0 Å². The molecule has 0 fully saturated rings. The van der Waals surface area contributed by atoms with Crippen LogP contribution in [0.3, 0.4) is 0 Å². The Morgan fingerprint density at radius 1 is 1.35 bits per heavy atom. The number of aryl methyl sites for hydroxylation is 3. The van der Waals surface area contributed by atoms with Crippen LogP contribution in [0.25, 0.3) is 5.69 Å². The summed E-state index contributed by atoms with van der Waals surface area (Å²) in [4.78, 5) is 12.2. The number of carbonyl (C=O) groups excluding carboxylic acids is 1. The monoisotopic (exact) mass is 384 g/mol. The van der Waals surface area contributed by atoms with Gasteiger partial charge in [-0.1, -0.05) is 29.5 Å². The van der Waals surface area contributed by atoms with E-state index >= 15 is 0 Å². The highest BCUT2D eigenvalue weighted by atomic mass is 32.2. The van der Waals surface area contributed by atoms with Gasteiger partial charge in [-0.25, -0.2) is 0 Å². The number of carbonyl (C=O) groups is 1. The van der Waals surface area contributed by atoms with E-state index in [1.165, 1.54) is 28.7 Å². The lowest BCUT2D eigenvalue weighted by Gasteiger charge is -2.12. The van der Waals surface area contributed by atoms with E-state index in [9.17, 15) is 4.79 Å². The predicted octanol–water partition coefficient (Wildman–Crippen LogP) is 3.25. The number of nitrogens with zero attached hydrogens (tertiary/aromatic N) is 5. The van der Waals surface area contributed by atoms with Crippen molar-refractivity contribution in [2.75, 3.05) is 11.1 Å². The summed E-state index contributed by atoms with van der Waals surface area (Å²) in [5.74, 6) is -0.0616. The van der Waals surface area contributed by atoms with Crippen molar-refractivity contribution in [3.63, 3.8) is 0 Å². The third kappa shape index (κ3) is 3.76. The fourth-order valence-corrected chi connectivity index (χ4v) is 4.13. The lowest BCUT2D eigenvalue weighted by molar-refractivity contribution is -0.113. The van der Waals surface area contributed by atoms with Crippen molar-refractivity contribution in [2.24, 2.45) is 0 Å². The molecule has 3 rings (SSSR count). The Balaban J connectivity index is 1.74. The molecular formula is C17H16N6OS2. The molecule has 7 nitrogen and oxygen atoms in total. The molecule has 0 aliphatic carbocycles. The number of thiophene rings is 1. The summed E-state index contributed by atoms with van der Waals surface area (Å²) in [6.45, 7) is 6.07. The fraction of sp³-hybridized carbons (Fsp3) is 0.235. The van der Waals surface area contributed by atoms with Gasteiger partial charge in [-0.2, -0.15) is 9.94 Å². The molecule has 0 radical (unpaired) electrons. The van der Waals surface area contributed by atoms with Crippen molar-refractivity contribution in [3.05, 3.63) is 45.8 Å². The summed E-state index contributed by atoms with van der Waals surface area (Å²) in [5.41, 5.74) is 4.70. The first-order chi connectivity index (χ1) is 12.5. The number of aromatic nitrogens is 4. The van der Waals surface area contributed by atoms with Crippen LogP contribution in [0.4, 0.5) is 5.00 Å². The third-order valence-corrected chi connectivity index (χ3v) is 5.41. The van der Waals surface area contributed by atoms with E-state index in [2.05, 4.69) is 39.0 Å². The molecule has 9 heteroatoms. The zero-order valence-corrected chi connectivity index (χ0v) is 16.1. The summed E-state index contributed by atoms with van der Waals surface area (Å²) in [7, 11) is 0. The van der Waals surface area contributed by atoms with Gasteiger partial charge in [-0.15, -0.1) is 16.4 Å². The van der Waals surface area contributed by atoms with Crippen molar-refractivity contribution in [1.29, 1.82) is 5.26 Å². The second-order valence-corrected chi connectivity index (χ2v) is 7.59. The maximum Gasteiger partial charge on any atom is 0.235 e. The number of thioether (sulfide) groups is 1. The molecule has 26 heavy (non-hydrogen) atoms. The van der Waals surface area contributed by atoms with Crippen LogP contribution >= 0.6 is 23.1 Å². The minimum absolute atomic E-state index is 0.146. The highest BCUT2D eigenvalue weighted by molar-refractivity contribution is 7.99. The van der Waals surface area contributed by atoms with Gasteiger partial charge in [0.15, 0.2) is 0 Å². The van der Waals surface area contributed by atoms with Crippen molar-refractivity contribution < 1.29 is 4.79 Å². The number of tetrazole rings is 1. The molecule has 1 amide bonds. The maximum atomic E-state index is 12.2. The molecule has 0 aliphatic heterocycles. The normalized spacial score (nSPS) is 10.5. The van der Waals surface area contributed by atoms with Crippen molar-refractivity contribution in [3.8, 4) is 11.8 Å². The summed E-state index contributed by atoms with van der Waals surface area (Å²) in [6.07, 6.45) is 0. The van der Waals surface area contributed by atoms with Crippen LogP contribution in [-0.4, -0.2) is 31.9 Å². The topological polar surface area (TPSA) is 96.5 Å². The minimum Gasteiger partial charge on any atom is -0.316 e. The van der Waals surface area contributed by atoms with E-state index in [1.807, 2.05) is 20.8 Å².